The van der Waals surface area contributed by atoms with Crippen LogP contribution in [0.25, 0.3) is 0 Å². The van der Waals surface area contributed by atoms with Crippen molar-refractivity contribution in [2.24, 2.45) is 10.9 Å². The largest absolute Gasteiger partial charge is 0.298 e. The van der Waals surface area contributed by atoms with Gasteiger partial charge in [0.05, 0.1) is 6.54 Å². The summed E-state index contributed by atoms with van der Waals surface area (Å²) in [5.74, 6) is 0.749. The van der Waals surface area contributed by atoms with E-state index in [1.807, 2.05) is 0 Å². The molecule has 0 spiro atoms. The van der Waals surface area contributed by atoms with Crippen LogP contribution in [0, 0.1) is 5.92 Å². The lowest BCUT2D eigenvalue weighted by Crippen LogP contribution is -2.48. The summed E-state index contributed by atoms with van der Waals surface area (Å²) in [7, 11) is 0. The van der Waals surface area contributed by atoms with E-state index in [0.717, 1.165) is 31.8 Å². The van der Waals surface area contributed by atoms with Gasteiger partial charge in [-0.05, 0) is 51.3 Å². The predicted octanol–water partition coefficient (Wildman–Crippen LogP) is 4.40. The maximum absolute atomic E-state index is 4.96. The van der Waals surface area contributed by atoms with Gasteiger partial charge in [0.1, 0.15) is 0 Å². The van der Waals surface area contributed by atoms with Crippen molar-refractivity contribution >= 4 is 5.71 Å². The Morgan fingerprint density at radius 1 is 1.24 bits per heavy atom. The van der Waals surface area contributed by atoms with Gasteiger partial charge in [0, 0.05) is 18.2 Å². The first-order valence-electron chi connectivity index (χ1n) is 8.44. The lowest BCUT2D eigenvalue weighted by Gasteiger charge is -2.40. The van der Waals surface area contributed by atoms with Crippen molar-refractivity contribution in [3.63, 3.8) is 0 Å². The second kappa shape index (κ2) is 7.74. The third-order valence-corrected chi connectivity index (χ3v) is 4.90. The second-order valence-corrected chi connectivity index (χ2v) is 6.37. The van der Waals surface area contributed by atoms with Crippen LogP contribution in [0.5, 0.6) is 0 Å². The minimum absolute atomic E-state index is 0.749. The van der Waals surface area contributed by atoms with E-state index in [0.29, 0.717) is 0 Å². The minimum Gasteiger partial charge on any atom is -0.298 e. The highest BCUT2D eigenvalue weighted by molar-refractivity contribution is 5.90. The van der Waals surface area contributed by atoms with Crippen LogP contribution in [-0.2, 0) is 0 Å². The summed E-state index contributed by atoms with van der Waals surface area (Å²) >= 11 is 0. The molecule has 3 rings (SSSR count). The average molecular weight is 286 g/mol. The zero-order valence-electron chi connectivity index (χ0n) is 14.0. The van der Waals surface area contributed by atoms with Crippen molar-refractivity contribution in [2.45, 2.75) is 46.5 Å². The molecule has 0 amide bonds. The summed E-state index contributed by atoms with van der Waals surface area (Å²) in [4.78, 5) is 7.50. The van der Waals surface area contributed by atoms with Crippen molar-refractivity contribution in [1.82, 2.24) is 4.90 Å². The smallest absolute Gasteiger partial charge is 0.0642 e. The molecule has 2 bridgehead atoms. The van der Waals surface area contributed by atoms with Crippen LogP contribution in [0.3, 0.4) is 0 Å². The molecule has 0 atom stereocenters. The van der Waals surface area contributed by atoms with Gasteiger partial charge >= 0.3 is 0 Å². The molecule has 0 aliphatic carbocycles. The molecule has 0 saturated carbocycles. The van der Waals surface area contributed by atoms with Gasteiger partial charge in [-0.3, -0.25) is 9.89 Å². The molecule has 3 aliphatic rings. The molecule has 0 unspecified atom stereocenters. The van der Waals surface area contributed by atoms with E-state index in [2.05, 4.69) is 44.4 Å². The number of rotatable bonds is 6. The molecule has 0 N–H and O–H groups in total. The van der Waals surface area contributed by atoms with Gasteiger partial charge < -0.3 is 0 Å². The van der Waals surface area contributed by atoms with Crippen molar-refractivity contribution in [2.75, 3.05) is 26.2 Å². The number of hydrogen-bond acceptors (Lipinski definition) is 2. The fraction of sp³-hybridized carbons (Fsp3) is 0.632. The summed E-state index contributed by atoms with van der Waals surface area (Å²) in [5.41, 5.74) is 5.36. The molecule has 3 saturated heterocycles. The number of aliphatic imine (C=N–C) groups is 1. The van der Waals surface area contributed by atoms with Gasteiger partial charge in [-0.25, -0.2) is 0 Å². The molecule has 0 aromatic rings. The number of allylic oxidation sites excluding steroid dienone is 3. The Balaban J connectivity index is 2.07. The summed E-state index contributed by atoms with van der Waals surface area (Å²) in [6.07, 6.45) is 9.19. The van der Waals surface area contributed by atoms with Crippen LogP contribution < -0.4 is 0 Å². The van der Waals surface area contributed by atoms with Crippen LogP contribution in [0.2, 0.25) is 0 Å². The van der Waals surface area contributed by atoms with Crippen LogP contribution in [0.15, 0.2) is 40.4 Å². The molecule has 3 fully saturated rings. The second-order valence-electron chi connectivity index (χ2n) is 6.37. The van der Waals surface area contributed by atoms with Crippen molar-refractivity contribution in [3.05, 3.63) is 35.5 Å². The van der Waals surface area contributed by atoms with E-state index in [9.17, 15) is 0 Å². The summed E-state index contributed by atoms with van der Waals surface area (Å²) in [6, 6.07) is 0. The Morgan fingerprint density at radius 3 is 2.48 bits per heavy atom. The van der Waals surface area contributed by atoms with Gasteiger partial charge in [-0.15, -0.1) is 0 Å². The topological polar surface area (TPSA) is 15.6 Å². The monoisotopic (exact) mass is 286 g/mol. The summed E-state index contributed by atoms with van der Waals surface area (Å²) < 4.78 is 0. The molecule has 0 radical (unpaired) electrons. The first-order valence-corrected chi connectivity index (χ1v) is 8.44. The zero-order chi connectivity index (χ0) is 15.2. The molecule has 21 heavy (non-hydrogen) atoms. The lowest BCUT2D eigenvalue weighted by molar-refractivity contribution is 0.200. The molecule has 2 heteroatoms. The maximum atomic E-state index is 4.96. The average Bonchev–Trinajstić information content (AvgIpc) is 2.55. The molecule has 3 aliphatic heterocycles. The van der Waals surface area contributed by atoms with Crippen molar-refractivity contribution < 1.29 is 0 Å². The Bertz CT molecular complexity index is 460. The first kappa shape index (κ1) is 16.2. The van der Waals surface area contributed by atoms with Crippen molar-refractivity contribution in [3.8, 4) is 0 Å². The van der Waals surface area contributed by atoms with Crippen LogP contribution in [-0.4, -0.2) is 36.8 Å². The number of fused-ring (bicyclic) bond motifs is 3. The molecule has 2 nitrogen and oxygen atoms in total. The Hall–Kier alpha value is -1.15. The highest BCUT2D eigenvalue weighted by atomic mass is 15.2. The number of piperidine rings is 3. The van der Waals surface area contributed by atoms with Crippen LogP contribution in [0.4, 0.5) is 0 Å². The fourth-order valence-electron chi connectivity index (χ4n) is 3.02. The van der Waals surface area contributed by atoms with E-state index in [4.69, 9.17) is 4.99 Å². The minimum atomic E-state index is 0.749. The molecule has 0 aromatic heterocycles. The lowest BCUT2D eigenvalue weighted by atomic mass is 9.86. The summed E-state index contributed by atoms with van der Waals surface area (Å²) in [6.45, 7) is 15.2. The van der Waals surface area contributed by atoms with Gasteiger partial charge in [-0.2, -0.15) is 0 Å². The highest BCUT2D eigenvalue weighted by Crippen LogP contribution is 2.26. The SMILES string of the molecule is C=C(CC)/C(=C\C=C(/C)CC)C/N=C1\CN2CCC1CC2. The Labute approximate surface area is 130 Å². The van der Waals surface area contributed by atoms with E-state index in [1.165, 1.54) is 48.4 Å². The van der Waals surface area contributed by atoms with Gasteiger partial charge in [0.2, 0.25) is 0 Å². The van der Waals surface area contributed by atoms with Gasteiger partial charge in [-0.1, -0.05) is 43.7 Å². The van der Waals surface area contributed by atoms with Crippen LogP contribution in [0.1, 0.15) is 46.5 Å². The summed E-state index contributed by atoms with van der Waals surface area (Å²) in [5, 5.41) is 0. The molecular formula is C19H30N2. The van der Waals surface area contributed by atoms with Gasteiger partial charge in [0.25, 0.3) is 0 Å². The maximum Gasteiger partial charge on any atom is 0.0642 e. The molecule has 3 heterocycles. The van der Waals surface area contributed by atoms with Crippen molar-refractivity contribution in [1.29, 1.82) is 0 Å². The molecule has 0 aromatic carbocycles. The Kier molecular flexibility index (Phi) is 5.98. The quantitative estimate of drug-likeness (QED) is 0.661. The normalized spacial score (nSPS) is 28.2. The van der Waals surface area contributed by atoms with E-state index in [1.54, 1.807) is 0 Å². The molecule has 116 valence electrons. The zero-order valence-corrected chi connectivity index (χ0v) is 14.0. The first-order chi connectivity index (χ1) is 10.1. The number of nitrogens with zero attached hydrogens (tertiary/aromatic N) is 2. The van der Waals surface area contributed by atoms with E-state index < -0.39 is 0 Å². The van der Waals surface area contributed by atoms with E-state index in [-0.39, 0.29) is 0 Å². The highest BCUT2D eigenvalue weighted by Gasteiger charge is 2.30. The fourth-order valence-corrected chi connectivity index (χ4v) is 3.02. The van der Waals surface area contributed by atoms with E-state index >= 15 is 0 Å². The van der Waals surface area contributed by atoms with Crippen LogP contribution >= 0.6 is 0 Å². The third-order valence-electron chi connectivity index (χ3n) is 4.90. The molecular weight excluding hydrogens is 256 g/mol. The predicted molar refractivity (Wildman–Crippen MR) is 93.0 cm³/mol. The number of hydrogen-bond donors (Lipinski definition) is 0. The standard InChI is InChI=1S/C19H30N2/c1-5-15(3)7-8-18(16(4)6-2)13-20-19-14-21-11-9-17(19)10-12-21/h7-8,17H,4-6,9-14H2,1-3H3/b15-7+,18-8-,20-19+. The Morgan fingerprint density at radius 2 is 1.95 bits per heavy atom. The van der Waals surface area contributed by atoms with Gasteiger partial charge in [0.15, 0.2) is 0 Å². The third kappa shape index (κ3) is 4.41.